The van der Waals surface area contributed by atoms with Crippen LogP contribution < -0.4 is 0 Å². The maximum atomic E-state index is 8.75. The van der Waals surface area contributed by atoms with E-state index in [4.69, 9.17) is 10.1 Å². The van der Waals surface area contributed by atoms with Gasteiger partial charge < -0.3 is 10.0 Å². The Morgan fingerprint density at radius 3 is 2.37 bits per heavy atom. The third-order valence-electron chi connectivity index (χ3n) is 5.73. The molecule has 0 atom stereocenters. The van der Waals surface area contributed by atoms with E-state index < -0.39 is 0 Å². The van der Waals surface area contributed by atoms with Gasteiger partial charge >= 0.3 is 0 Å². The highest BCUT2D eigenvalue weighted by molar-refractivity contribution is 6.09. The maximum Gasteiger partial charge on any atom is 0.159 e. The van der Waals surface area contributed by atoms with E-state index in [1.807, 2.05) is 89.6 Å². The molecule has 0 radical (unpaired) electrons. The molecule has 1 heterocycles. The van der Waals surface area contributed by atoms with Gasteiger partial charge in [-0.2, -0.15) is 0 Å². The van der Waals surface area contributed by atoms with Crippen molar-refractivity contribution < 1.29 is 5.11 Å². The van der Waals surface area contributed by atoms with E-state index >= 15 is 0 Å². The molecule has 0 spiro atoms. The molecule has 1 aliphatic rings. The monoisotopic (exact) mass is 476 g/mol. The average Bonchev–Trinajstić information content (AvgIpc) is 2.85. The molecule has 1 aromatic carbocycles. The lowest BCUT2D eigenvalue weighted by Gasteiger charge is -2.29. The van der Waals surface area contributed by atoms with Gasteiger partial charge in [-0.3, -0.25) is 4.99 Å². The van der Waals surface area contributed by atoms with Crippen molar-refractivity contribution in [2.75, 3.05) is 21.1 Å². The van der Waals surface area contributed by atoms with Gasteiger partial charge in [0, 0.05) is 56.6 Å². The van der Waals surface area contributed by atoms with Crippen molar-refractivity contribution >= 4 is 17.4 Å². The van der Waals surface area contributed by atoms with Crippen LogP contribution in [-0.4, -0.2) is 53.4 Å². The van der Waals surface area contributed by atoms with Crippen molar-refractivity contribution in [1.29, 1.82) is 0 Å². The number of aliphatic hydroxyl groups excluding tert-OH is 1. The zero-order chi connectivity index (χ0) is 26.4. The molecule has 0 aliphatic heterocycles. The molecule has 1 aromatic heterocycles. The lowest BCUT2D eigenvalue weighted by molar-refractivity contribution is 0.0414. The van der Waals surface area contributed by atoms with E-state index in [0.717, 1.165) is 52.3 Å². The summed E-state index contributed by atoms with van der Waals surface area (Å²) in [5.74, 6) is 1.56. The van der Waals surface area contributed by atoms with Crippen LogP contribution in [0.5, 0.6) is 0 Å². The summed E-state index contributed by atoms with van der Waals surface area (Å²) in [4.78, 5) is 15.4. The van der Waals surface area contributed by atoms with Crippen molar-refractivity contribution in [3.05, 3.63) is 72.2 Å². The predicted octanol–water partition coefficient (Wildman–Crippen LogP) is 6.84. The lowest BCUT2D eigenvalue weighted by atomic mass is 9.81. The summed E-state index contributed by atoms with van der Waals surface area (Å²) in [5, 5.41) is 8.75. The molecule has 1 aliphatic carbocycles. The number of aryl methyl sites for hydroxylation is 1. The molecule has 0 bridgehead atoms. The Labute approximate surface area is 213 Å². The summed E-state index contributed by atoms with van der Waals surface area (Å²) < 4.78 is 0. The third-order valence-corrected chi connectivity index (χ3v) is 5.73. The Morgan fingerprint density at radius 2 is 1.91 bits per heavy atom. The fraction of sp³-hybridized carbons (Fsp3) is 0.433. The van der Waals surface area contributed by atoms with E-state index in [9.17, 15) is 0 Å². The molecule has 1 saturated carbocycles. The van der Waals surface area contributed by atoms with E-state index in [1.165, 1.54) is 6.42 Å². The van der Waals surface area contributed by atoms with Gasteiger partial charge in [0.25, 0.3) is 0 Å². The van der Waals surface area contributed by atoms with Gasteiger partial charge in [0.05, 0.1) is 6.10 Å². The van der Waals surface area contributed by atoms with Gasteiger partial charge in [0.2, 0.25) is 0 Å². The van der Waals surface area contributed by atoms with Crippen molar-refractivity contribution in [3.8, 4) is 11.4 Å². The lowest BCUT2D eigenvalue weighted by Crippen LogP contribution is -2.27. The number of nitrogens with zero attached hydrogens (tertiary/aromatic N) is 4. The van der Waals surface area contributed by atoms with Gasteiger partial charge in [0.1, 0.15) is 0 Å². The van der Waals surface area contributed by atoms with Crippen LogP contribution >= 0.6 is 0 Å². The fourth-order valence-electron chi connectivity index (χ4n) is 3.72. The molecule has 1 N–H and O–H groups in total. The van der Waals surface area contributed by atoms with Crippen LogP contribution in [0.2, 0.25) is 0 Å². The number of aromatic nitrogens is 2. The molecule has 1 fully saturated rings. The van der Waals surface area contributed by atoms with E-state index in [2.05, 4.69) is 35.6 Å². The molecule has 5 heteroatoms. The topological polar surface area (TPSA) is 61.6 Å². The second kappa shape index (κ2) is 15.8. The first kappa shape index (κ1) is 30.0. The minimum Gasteiger partial charge on any atom is -0.393 e. The Kier molecular flexibility index (Phi) is 13.5. The van der Waals surface area contributed by atoms with Gasteiger partial charge in [-0.25, -0.2) is 9.97 Å². The first-order valence-corrected chi connectivity index (χ1v) is 12.5. The summed E-state index contributed by atoms with van der Waals surface area (Å²) in [6, 6.07) is 8.21. The zero-order valence-electron chi connectivity index (χ0n) is 22.9. The Bertz CT molecular complexity index is 1010. The average molecular weight is 477 g/mol. The summed E-state index contributed by atoms with van der Waals surface area (Å²) in [7, 11) is 5.76. The molecule has 0 unspecified atom stereocenters. The number of allylic oxidation sites excluding steroid dienone is 4. The van der Waals surface area contributed by atoms with Gasteiger partial charge in [0.15, 0.2) is 5.82 Å². The molecule has 2 aromatic rings. The number of aliphatic hydroxyl groups is 1. The Hall–Kier alpha value is -3.05. The van der Waals surface area contributed by atoms with E-state index in [0.29, 0.717) is 5.82 Å². The first-order chi connectivity index (χ1) is 16.8. The number of benzene rings is 1. The number of rotatable bonds is 7. The van der Waals surface area contributed by atoms with Crippen molar-refractivity contribution in [3.63, 3.8) is 0 Å². The first-order valence-electron chi connectivity index (χ1n) is 12.5. The van der Waals surface area contributed by atoms with Crippen LogP contribution in [0.3, 0.4) is 0 Å². The van der Waals surface area contributed by atoms with Crippen molar-refractivity contribution in [2.24, 2.45) is 10.9 Å². The summed E-state index contributed by atoms with van der Waals surface area (Å²) in [6.07, 6.45) is 13.0. The maximum absolute atomic E-state index is 8.75. The second-order valence-corrected chi connectivity index (χ2v) is 8.56. The molecule has 0 saturated heterocycles. The Morgan fingerprint density at radius 1 is 1.23 bits per heavy atom. The van der Waals surface area contributed by atoms with Crippen molar-refractivity contribution in [1.82, 2.24) is 14.9 Å². The number of aliphatic imine (C=N–C) groups is 1. The second-order valence-electron chi connectivity index (χ2n) is 8.56. The smallest absolute Gasteiger partial charge is 0.159 e. The zero-order valence-corrected chi connectivity index (χ0v) is 22.9. The summed E-state index contributed by atoms with van der Waals surface area (Å²) in [6.45, 7) is 14.1. The minimum absolute atomic E-state index is 0.0462. The third kappa shape index (κ3) is 9.25. The molecule has 190 valence electrons. The minimum atomic E-state index is 0.0462. The normalized spacial score (nSPS) is 17.5. The molecule has 5 nitrogen and oxygen atoms in total. The predicted molar refractivity (Wildman–Crippen MR) is 153 cm³/mol. The highest BCUT2D eigenvalue weighted by Gasteiger charge is 2.24. The highest BCUT2D eigenvalue weighted by Crippen LogP contribution is 2.29. The van der Waals surface area contributed by atoms with Gasteiger partial charge in [-0.15, -0.1) is 0 Å². The highest BCUT2D eigenvalue weighted by atomic mass is 16.3. The number of hydrogen-bond donors (Lipinski definition) is 1. The van der Waals surface area contributed by atoms with Crippen LogP contribution in [-0.2, 0) is 0 Å². The molecule has 35 heavy (non-hydrogen) atoms. The van der Waals surface area contributed by atoms with Gasteiger partial charge in [-0.1, -0.05) is 64.1 Å². The number of hydrogen-bond acceptors (Lipinski definition) is 5. The molecular formula is C30H44N4O. The van der Waals surface area contributed by atoms with E-state index in [-0.39, 0.29) is 6.10 Å². The van der Waals surface area contributed by atoms with E-state index in [1.54, 1.807) is 7.05 Å². The van der Waals surface area contributed by atoms with Crippen LogP contribution in [0.4, 0.5) is 0 Å². The van der Waals surface area contributed by atoms with Crippen LogP contribution in [0.1, 0.15) is 63.8 Å². The van der Waals surface area contributed by atoms with Crippen LogP contribution in [0, 0.1) is 12.8 Å². The van der Waals surface area contributed by atoms with Crippen LogP contribution in [0.25, 0.3) is 22.5 Å². The van der Waals surface area contributed by atoms with Crippen molar-refractivity contribution in [2.45, 2.75) is 60.0 Å². The SMILES string of the molecule is C=C/C(=C\N(C)C)c1cccc(-c2ncc(/C(C=NC)=C/C)c(C)n2)c1.CC.CCC1CC(O)C1. The largest absolute Gasteiger partial charge is 0.393 e. The molecule has 3 rings (SSSR count). The molecule has 0 amide bonds. The standard InChI is InChI=1S/C22H26N4.C6H12O.C2H6/c1-7-17(13-23-4)21-14-24-22(25-16(21)3)20-11-9-10-19(12-20)18(8-2)15-26(5)6;1-2-5-3-6(7)4-5;1-2/h7-15H,2H2,1,3-6H3;5-7H,2-4H2,1H3;1-2H3/b17-7+,18-15+,23-13?;;. The van der Waals surface area contributed by atoms with Gasteiger partial charge in [-0.05, 0) is 55.4 Å². The van der Waals surface area contributed by atoms with Crippen LogP contribution in [0.15, 0.2) is 60.4 Å². The molecular weight excluding hydrogens is 432 g/mol. The quantitative estimate of drug-likeness (QED) is 0.351. The summed E-state index contributed by atoms with van der Waals surface area (Å²) >= 11 is 0. The fourth-order valence-corrected chi connectivity index (χ4v) is 3.72. The Balaban J connectivity index is 0.000000574. The summed E-state index contributed by atoms with van der Waals surface area (Å²) in [5.41, 5.74) is 6.07.